The van der Waals surface area contributed by atoms with Crippen LogP contribution in [0.5, 0.6) is 0 Å². The summed E-state index contributed by atoms with van der Waals surface area (Å²) in [5.74, 6) is 0. The zero-order valence-corrected chi connectivity index (χ0v) is 12.4. The minimum absolute atomic E-state index is 0.145. The average molecular weight is 389 g/mol. The topological polar surface area (TPSA) is 22.0 Å². The van der Waals surface area contributed by atoms with Crippen molar-refractivity contribution < 1.29 is 39.5 Å². The van der Waals surface area contributed by atoms with Crippen LogP contribution in [-0.4, -0.2) is 4.57 Å². The second-order valence-electron chi connectivity index (χ2n) is 5.25. The first-order valence-corrected chi connectivity index (χ1v) is 6.74. The van der Waals surface area contributed by atoms with E-state index in [2.05, 4.69) is 0 Å². The molecule has 1 aromatic carbocycles. The number of rotatable bonds is 2. The Bertz CT molecular complexity index is 859. The van der Waals surface area contributed by atoms with Gasteiger partial charge in [-0.25, -0.2) is 0 Å². The fourth-order valence-electron chi connectivity index (χ4n) is 2.16. The van der Waals surface area contributed by atoms with Crippen molar-refractivity contribution in [2.45, 2.75) is 25.1 Å². The maximum Gasteiger partial charge on any atom is 0.417 e. The third-order valence-electron chi connectivity index (χ3n) is 3.39. The van der Waals surface area contributed by atoms with Crippen LogP contribution in [0, 0.1) is 0 Å². The molecule has 1 heterocycles. The van der Waals surface area contributed by atoms with Crippen LogP contribution >= 0.6 is 0 Å². The Balaban J connectivity index is 2.55. The molecule has 0 saturated carbocycles. The van der Waals surface area contributed by atoms with Crippen LogP contribution in [-0.2, 0) is 25.1 Å². The minimum atomic E-state index is -5.19. The molecule has 142 valence electrons. The number of hydrogen-bond acceptors (Lipinski definition) is 1. The lowest BCUT2D eigenvalue weighted by Crippen LogP contribution is -2.23. The number of alkyl halides is 9. The SMILES string of the molecule is O=c1ccc(C(F)(F)F)cn1Cc1ccc(C(F)(F)F)cc1C(F)(F)F. The predicted molar refractivity (Wildman–Crippen MR) is 71.3 cm³/mol. The summed E-state index contributed by atoms with van der Waals surface area (Å²) in [4.78, 5) is 11.6. The molecule has 0 bridgehead atoms. The van der Waals surface area contributed by atoms with Crippen LogP contribution in [0.1, 0.15) is 22.3 Å². The molecule has 26 heavy (non-hydrogen) atoms. The van der Waals surface area contributed by atoms with Gasteiger partial charge in [0.1, 0.15) is 0 Å². The lowest BCUT2D eigenvalue weighted by molar-refractivity contribution is -0.143. The van der Waals surface area contributed by atoms with E-state index in [1.54, 1.807) is 0 Å². The van der Waals surface area contributed by atoms with E-state index < -0.39 is 52.9 Å². The van der Waals surface area contributed by atoms with Gasteiger partial charge in [-0.1, -0.05) is 6.07 Å². The molecule has 0 spiro atoms. The normalized spacial score (nSPS) is 13.1. The van der Waals surface area contributed by atoms with Crippen LogP contribution in [0.3, 0.4) is 0 Å². The summed E-state index contributed by atoms with van der Waals surface area (Å²) in [7, 11) is 0. The second-order valence-corrected chi connectivity index (χ2v) is 5.25. The summed E-state index contributed by atoms with van der Waals surface area (Å²) in [5, 5.41) is 0. The molecule has 0 saturated heterocycles. The van der Waals surface area contributed by atoms with Gasteiger partial charge in [-0.3, -0.25) is 4.79 Å². The van der Waals surface area contributed by atoms with Gasteiger partial charge in [-0.05, 0) is 23.8 Å². The van der Waals surface area contributed by atoms with Gasteiger partial charge < -0.3 is 4.57 Å². The van der Waals surface area contributed by atoms with Crippen molar-refractivity contribution in [3.63, 3.8) is 0 Å². The fourth-order valence-corrected chi connectivity index (χ4v) is 2.16. The Labute approximate surface area is 139 Å². The third kappa shape index (κ3) is 4.38. The molecule has 0 unspecified atom stereocenters. The van der Waals surface area contributed by atoms with Crippen molar-refractivity contribution in [2.24, 2.45) is 0 Å². The summed E-state index contributed by atoms with van der Waals surface area (Å²) in [6.45, 7) is -0.976. The first-order valence-electron chi connectivity index (χ1n) is 6.74. The monoisotopic (exact) mass is 389 g/mol. The van der Waals surface area contributed by atoms with E-state index in [0.717, 1.165) is 0 Å². The molecule has 2 rings (SSSR count). The van der Waals surface area contributed by atoms with Gasteiger partial charge in [-0.15, -0.1) is 0 Å². The molecule has 0 amide bonds. The summed E-state index contributed by atoms with van der Waals surface area (Å²) < 4.78 is 115. The van der Waals surface area contributed by atoms with Gasteiger partial charge in [-0.2, -0.15) is 39.5 Å². The van der Waals surface area contributed by atoms with E-state index in [-0.39, 0.29) is 6.07 Å². The number of pyridine rings is 1. The molecule has 0 aliphatic carbocycles. The molecule has 0 atom stereocenters. The molecule has 0 N–H and O–H groups in total. The number of benzene rings is 1. The van der Waals surface area contributed by atoms with Gasteiger partial charge >= 0.3 is 18.5 Å². The molecule has 1 aromatic heterocycles. The number of halogens is 9. The van der Waals surface area contributed by atoms with E-state index in [0.29, 0.717) is 35.0 Å². The van der Waals surface area contributed by atoms with E-state index in [1.807, 2.05) is 0 Å². The van der Waals surface area contributed by atoms with Crippen molar-refractivity contribution in [3.05, 3.63) is 69.1 Å². The maximum absolute atomic E-state index is 13.1. The maximum atomic E-state index is 13.1. The van der Waals surface area contributed by atoms with Crippen LogP contribution in [0.25, 0.3) is 0 Å². The highest BCUT2D eigenvalue weighted by molar-refractivity contribution is 5.36. The van der Waals surface area contributed by atoms with Crippen LogP contribution < -0.4 is 5.56 Å². The van der Waals surface area contributed by atoms with E-state index in [9.17, 15) is 44.3 Å². The first-order chi connectivity index (χ1) is 11.7. The molecule has 2 nitrogen and oxygen atoms in total. The Kier molecular flexibility index (Phi) is 4.86. The summed E-state index contributed by atoms with van der Waals surface area (Å²) in [6.07, 6.45) is -14.8. The Morgan fingerprint density at radius 2 is 1.27 bits per heavy atom. The van der Waals surface area contributed by atoms with Gasteiger partial charge in [0.2, 0.25) is 0 Å². The second kappa shape index (κ2) is 6.36. The zero-order valence-electron chi connectivity index (χ0n) is 12.4. The summed E-state index contributed by atoms with van der Waals surface area (Å²) in [5.41, 5.74) is -6.34. The Morgan fingerprint density at radius 1 is 0.731 bits per heavy atom. The standard InChI is InChI=1S/C15H8F9NO/c16-13(17,18)9-2-1-8(11(5-9)15(22,23)24)6-25-7-10(14(19,20)21)3-4-12(25)26/h1-5,7H,6H2. The first kappa shape index (κ1) is 19.9. The molecule has 0 aliphatic heterocycles. The number of nitrogens with zero attached hydrogens (tertiary/aromatic N) is 1. The Morgan fingerprint density at radius 3 is 1.77 bits per heavy atom. The van der Waals surface area contributed by atoms with E-state index in [4.69, 9.17) is 0 Å². The van der Waals surface area contributed by atoms with Crippen molar-refractivity contribution in [3.8, 4) is 0 Å². The fraction of sp³-hybridized carbons (Fsp3) is 0.267. The molecule has 0 radical (unpaired) electrons. The quantitative estimate of drug-likeness (QED) is 0.666. The van der Waals surface area contributed by atoms with Crippen LogP contribution in [0.15, 0.2) is 41.3 Å². The highest BCUT2D eigenvalue weighted by Crippen LogP contribution is 2.37. The minimum Gasteiger partial charge on any atom is -0.310 e. The van der Waals surface area contributed by atoms with Crippen molar-refractivity contribution in [2.75, 3.05) is 0 Å². The number of aromatic nitrogens is 1. The van der Waals surface area contributed by atoms with Crippen LogP contribution in [0.2, 0.25) is 0 Å². The number of hydrogen-bond donors (Lipinski definition) is 0. The predicted octanol–water partition coefficient (Wildman–Crippen LogP) is 4.95. The molecule has 0 fully saturated rings. The van der Waals surface area contributed by atoms with Crippen molar-refractivity contribution >= 4 is 0 Å². The van der Waals surface area contributed by atoms with Gasteiger partial charge in [0, 0.05) is 12.3 Å². The molecule has 0 aliphatic rings. The van der Waals surface area contributed by atoms with Crippen molar-refractivity contribution in [1.82, 2.24) is 4.57 Å². The summed E-state index contributed by atoms with van der Waals surface area (Å²) in [6, 6.07) is 1.67. The summed E-state index contributed by atoms with van der Waals surface area (Å²) >= 11 is 0. The van der Waals surface area contributed by atoms with Crippen molar-refractivity contribution in [1.29, 1.82) is 0 Å². The van der Waals surface area contributed by atoms with Crippen LogP contribution in [0.4, 0.5) is 39.5 Å². The molecule has 2 aromatic rings. The van der Waals surface area contributed by atoms with Gasteiger partial charge in [0.15, 0.2) is 0 Å². The lowest BCUT2D eigenvalue weighted by Gasteiger charge is -2.17. The van der Waals surface area contributed by atoms with Gasteiger partial charge in [0.05, 0.1) is 23.2 Å². The van der Waals surface area contributed by atoms with E-state index in [1.165, 1.54) is 0 Å². The lowest BCUT2D eigenvalue weighted by atomic mass is 10.0. The molecule has 11 heteroatoms. The Hall–Kier alpha value is -2.46. The zero-order chi connectivity index (χ0) is 19.9. The highest BCUT2D eigenvalue weighted by atomic mass is 19.4. The molecular formula is C15H8F9NO. The van der Waals surface area contributed by atoms with Gasteiger partial charge in [0.25, 0.3) is 5.56 Å². The van der Waals surface area contributed by atoms with E-state index >= 15 is 0 Å². The third-order valence-corrected chi connectivity index (χ3v) is 3.39. The average Bonchev–Trinajstić information content (AvgIpc) is 2.46. The largest absolute Gasteiger partial charge is 0.417 e. The highest BCUT2D eigenvalue weighted by Gasteiger charge is 2.38. The smallest absolute Gasteiger partial charge is 0.310 e. The molecular weight excluding hydrogens is 381 g/mol.